The standard InChI is InChI=1S/C20H23N3O4/c1-13-8-9-21-18(10-13)22-19(25)12-23(4)20(26)15(3)27-17-7-5-6-16(11-17)14(2)24/h5-11,15H,12H2,1-4H3,(H,21,22,25). The molecule has 1 atom stereocenters. The summed E-state index contributed by atoms with van der Waals surface area (Å²) in [6, 6.07) is 10.2. The van der Waals surface area contributed by atoms with E-state index < -0.39 is 6.10 Å². The number of hydrogen-bond acceptors (Lipinski definition) is 5. The highest BCUT2D eigenvalue weighted by molar-refractivity contribution is 5.95. The highest BCUT2D eigenvalue weighted by Gasteiger charge is 2.21. The minimum absolute atomic E-state index is 0.0852. The van der Waals surface area contributed by atoms with Crippen LogP contribution in [-0.4, -0.2) is 47.2 Å². The van der Waals surface area contributed by atoms with Crippen LogP contribution < -0.4 is 10.1 Å². The molecule has 1 unspecified atom stereocenters. The van der Waals surface area contributed by atoms with E-state index >= 15 is 0 Å². The lowest BCUT2D eigenvalue weighted by molar-refractivity contribution is -0.139. The third-order valence-corrected chi connectivity index (χ3v) is 3.84. The molecule has 1 aromatic heterocycles. The first-order chi connectivity index (χ1) is 12.8. The second-order valence-corrected chi connectivity index (χ2v) is 6.31. The molecule has 1 aromatic carbocycles. The van der Waals surface area contributed by atoms with Gasteiger partial charge in [-0.25, -0.2) is 4.98 Å². The first-order valence-corrected chi connectivity index (χ1v) is 8.51. The number of ketones is 1. The summed E-state index contributed by atoms with van der Waals surface area (Å²) in [5, 5.41) is 2.65. The van der Waals surface area contributed by atoms with Crippen molar-refractivity contribution in [2.45, 2.75) is 26.9 Å². The maximum absolute atomic E-state index is 12.4. The minimum atomic E-state index is -0.804. The largest absolute Gasteiger partial charge is 0.481 e. The summed E-state index contributed by atoms with van der Waals surface area (Å²) in [6.45, 7) is 4.82. The van der Waals surface area contributed by atoms with E-state index in [4.69, 9.17) is 4.74 Å². The SMILES string of the molecule is CC(=O)c1cccc(OC(C)C(=O)N(C)CC(=O)Nc2cc(C)ccn2)c1. The van der Waals surface area contributed by atoms with Crippen LogP contribution in [0.4, 0.5) is 5.82 Å². The number of carbonyl (C=O) groups is 3. The molecule has 2 aromatic rings. The van der Waals surface area contributed by atoms with Gasteiger partial charge in [-0.2, -0.15) is 0 Å². The monoisotopic (exact) mass is 369 g/mol. The van der Waals surface area contributed by atoms with E-state index in [-0.39, 0.29) is 24.1 Å². The Morgan fingerprint density at radius 1 is 1.22 bits per heavy atom. The summed E-state index contributed by atoms with van der Waals surface area (Å²) < 4.78 is 5.62. The van der Waals surface area contributed by atoms with Crippen molar-refractivity contribution in [3.8, 4) is 5.75 Å². The van der Waals surface area contributed by atoms with E-state index in [1.54, 1.807) is 43.5 Å². The summed E-state index contributed by atoms with van der Waals surface area (Å²) in [7, 11) is 1.53. The first-order valence-electron chi connectivity index (χ1n) is 8.51. The van der Waals surface area contributed by atoms with Gasteiger partial charge in [-0.1, -0.05) is 12.1 Å². The molecule has 1 N–H and O–H groups in total. The van der Waals surface area contributed by atoms with Crippen molar-refractivity contribution in [3.63, 3.8) is 0 Å². The van der Waals surface area contributed by atoms with Crippen LogP contribution in [0.1, 0.15) is 29.8 Å². The molecule has 0 saturated heterocycles. The van der Waals surface area contributed by atoms with Gasteiger partial charge in [-0.05, 0) is 50.6 Å². The molecular formula is C20H23N3O4. The second-order valence-electron chi connectivity index (χ2n) is 6.31. The van der Waals surface area contributed by atoms with Crippen molar-refractivity contribution in [3.05, 3.63) is 53.7 Å². The van der Waals surface area contributed by atoms with Crippen molar-refractivity contribution < 1.29 is 19.1 Å². The molecule has 7 heteroatoms. The fraction of sp³-hybridized carbons (Fsp3) is 0.300. The fourth-order valence-corrected chi connectivity index (χ4v) is 2.43. The van der Waals surface area contributed by atoms with Gasteiger partial charge in [0.05, 0.1) is 6.54 Å². The molecular weight excluding hydrogens is 346 g/mol. The van der Waals surface area contributed by atoms with Crippen LogP contribution in [0.25, 0.3) is 0 Å². The van der Waals surface area contributed by atoms with Crippen LogP contribution in [-0.2, 0) is 9.59 Å². The molecule has 0 radical (unpaired) electrons. The van der Waals surface area contributed by atoms with Gasteiger partial charge in [0.15, 0.2) is 11.9 Å². The van der Waals surface area contributed by atoms with E-state index in [1.165, 1.54) is 18.9 Å². The number of nitrogens with zero attached hydrogens (tertiary/aromatic N) is 2. The van der Waals surface area contributed by atoms with Gasteiger partial charge in [-0.3, -0.25) is 14.4 Å². The van der Waals surface area contributed by atoms with E-state index in [1.807, 2.05) is 13.0 Å². The highest BCUT2D eigenvalue weighted by atomic mass is 16.5. The lowest BCUT2D eigenvalue weighted by atomic mass is 10.1. The van der Waals surface area contributed by atoms with Gasteiger partial charge < -0.3 is 15.0 Å². The van der Waals surface area contributed by atoms with Gasteiger partial charge >= 0.3 is 0 Å². The van der Waals surface area contributed by atoms with Crippen LogP contribution in [0.2, 0.25) is 0 Å². The molecule has 27 heavy (non-hydrogen) atoms. The van der Waals surface area contributed by atoms with Gasteiger partial charge in [-0.15, -0.1) is 0 Å². The van der Waals surface area contributed by atoms with Gasteiger partial charge in [0.25, 0.3) is 5.91 Å². The Morgan fingerprint density at radius 3 is 2.63 bits per heavy atom. The molecule has 1 heterocycles. The summed E-state index contributed by atoms with van der Waals surface area (Å²) in [5.41, 5.74) is 1.48. The number of benzene rings is 1. The maximum Gasteiger partial charge on any atom is 0.263 e. The normalized spacial score (nSPS) is 11.4. The van der Waals surface area contributed by atoms with Crippen molar-refractivity contribution in [2.24, 2.45) is 0 Å². The number of nitrogens with one attached hydrogen (secondary N) is 1. The Kier molecular flexibility index (Phi) is 6.65. The molecule has 0 aliphatic carbocycles. The first kappa shape index (κ1) is 20.1. The van der Waals surface area contributed by atoms with Gasteiger partial charge in [0.1, 0.15) is 11.6 Å². The number of likely N-dealkylation sites (N-methyl/N-ethyl adjacent to an activating group) is 1. The molecule has 0 aliphatic rings. The van der Waals surface area contributed by atoms with E-state index in [0.29, 0.717) is 17.1 Å². The Hall–Kier alpha value is -3.22. The molecule has 0 bridgehead atoms. The Labute approximate surface area is 158 Å². The number of aryl methyl sites for hydroxylation is 1. The molecule has 2 amide bonds. The predicted molar refractivity (Wildman–Crippen MR) is 102 cm³/mol. The molecule has 0 fully saturated rings. The third kappa shape index (κ3) is 5.91. The minimum Gasteiger partial charge on any atom is -0.481 e. The topological polar surface area (TPSA) is 88.6 Å². The number of aromatic nitrogens is 1. The van der Waals surface area contributed by atoms with Crippen LogP contribution in [0, 0.1) is 6.92 Å². The lowest BCUT2D eigenvalue weighted by Crippen LogP contribution is -2.42. The van der Waals surface area contributed by atoms with Crippen LogP contribution in [0.15, 0.2) is 42.6 Å². The van der Waals surface area contributed by atoms with E-state index in [0.717, 1.165) is 5.56 Å². The summed E-state index contributed by atoms with van der Waals surface area (Å²) in [4.78, 5) is 41.3. The average molecular weight is 369 g/mol. The number of ether oxygens (including phenoxy) is 1. The van der Waals surface area contributed by atoms with Crippen molar-refractivity contribution in [2.75, 3.05) is 18.9 Å². The van der Waals surface area contributed by atoms with Gasteiger partial charge in [0, 0.05) is 18.8 Å². The number of rotatable bonds is 7. The lowest BCUT2D eigenvalue weighted by Gasteiger charge is -2.21. The molecule has 142 valence electrons. The number of carbonyl (C=O) groups excluding carboxylic acids is 3. The van der Waals surface area contributed by atoms with Crippen LogP contribution >= 0.6 is 0 Å². The van der Waals surface area contributed by atoms with Crippen LogP contribution in [0.3, 0.4) is 0 Å². The molecule has 0 aliphatic heterocycles. The van der Waals surface area contributed by atoms with Crippen molar-refractivity contribution >= 4 is 23.4 Å². The van der Waals surface area contributed by atoms with E-state index in [2.05, 4.69) is 10.3 Å². The smallest absolute Gasteiger partial charge is 0.263 e. The molecule has 0 spiro atoms. The second kappa shape index (κ2) is 8.93. The zero-order chi connectivity index (χ0) is 20.0. The number of pyridine rings is 1. The maximum atomic E-state index is 12.4. The fourth-order valence-electron chi connectivity index (χ4n) is 2.43. The summed E-state index contributed by atoms with van der Waals surface area (Å²) in [6.07, 6.45) is 0.798. The summed E-state index contributed by atoms with van der Waals surface area (Å²) >= 11 is 0. The molecule has 0 saturated carbocycles. The van der Waals surface area contributed by atoms with Crippen molar-refractivity contribution in [1.29, 1.82) is 0 Å². The Bertz CT molecular complexity index is 851. The molecule has 2 rings (SSSR count). The third-order valence-electron chi connectivity index (χ3n) is 3.84. The van der Waals surface area contributed by atoms with E-state index in [9.17, 15) is 14.4 Å². The summed E-state index contributed by atoms with van der Waals surface area (Å²) in [5.74, 6) is 0.0693. The molecule has 7 nitrogen and oxygen atoms in total. The highest BCUT2D eigenvalue weighted by Crippen LogP contribution is 2.16. The quantitative estimate of drug-likeness (QED) is 0.758. The number of amides is 2. The van der Waals surface area contributed by atoms with Gasteiger partial charge in [0.2, 0.25) is 5.91 Å². The number of hydrogen-bond donors (Lipinski definition) is 1. The predicted octanol–water partition coefficient (Wildman–Crippen LogP) is 2.46. The average Bonchev–Trinajstić information content (AvgIpc) is 2.61. The zero-order valence-corrected chi connectivity index (χ0v) is 15.9. The Balaban J connectivity index is 1.92. The van der Waals surface area contributed by atoms with Crippen molar-refractivity contribution in [1.82, 2.24) is 9.88 Å². The zero-order valence-electron chi connectivity index (χ0n) is 15.9. The Morgan fingerprint density at radius 2 is 1.96 bits per heavy atom. The number of anilines is 1. The number of Topliss-reactive ketones (excluding diaryl/α,β-unsaturated/α-hetero) is 1. The van der Waals surface area contributed by atoms with Crippen LogP contribution in [0.5, 0.6) is 5.75 Å².